The molecule has 8 heteroatoms. The van der Waals surface area contributed by atoms with E-state index in [0.29, 0.717) is 29.5 Å². The minimum Gasteiger partial charge on any atom is -0.484 e. The highest BCUT2D eigenvalue weighted by Gasteiger charge is 2.17. The van der Waals surface area contributed by atoms with Crippen molar-refractivity contribution in [1.29, 1.82) is 0 Å². The summed E-state index contributed by atoms with van der Waals surface area (Å²) in [7, 11) is 0. The summed E-state index contributed by atoms with van der Waals surface area (Å²) in [6.45, 7) is 2.08. The van der Waals surface area contributed by atoms with Crippen molar-refractivity contribution in [3.63, 3.8) is 0 Å². The number of hydrogen-bond donors (Lipinski definition) is 2. The molecule has 3 aromatic rings. The van der Waals surface area contributed by atoms with Crippen molar-refractivity contribution in [2.45, 2.75) is 39.2 Å². The second-order valence-electron chi connectivity index (χ2n) is 7.50. The van der Waals surface area contributed by atoms with Crippen molar-refractivity contribution in [2.75, 3.05) is 6.61 Å². The van der Waals surface area contributed by atoms with E-state index in [1.165, 1.54) is 15.8 Å². The topological polar surface area (TPSA) is 102 Å². The highest BCUT2D eigenvalue weighted by atomic mass is 16.5. The zero-order chi connectivity index (χ0) is 21.8. The average molecular weight is 420 g/mol. The lowest BCUT2D eigenvalue weighted by Crippen LogP contribution is -2.44. The Morgan fingerprint density at radius 2 is 1.84 bits per heavy atom. The van der Waals surface area contributed by atoms with Crippen LogP contribution in [0.25, 0.3) is 10.8 Å². The van der Waals surface area contributed by atoms with Gasteiger partial charge in [-0.2, -0.15) is 5.10 Å². The van der Waals surface area contributed by atoms with Gasteiger partial charge in [0.25, 0.3) is 17.4 Å². The van der Waals surface area contributed by atoms with E-state index in [9.17, 15) is 14.4 Å². The van der Waals surface area contributed by atoms with Crippen LogP contribution >= 0.6 is 0 Å². The normalized spacial score (nSPS) is 12.4. The molecule has 1 aliphatic rings. The Morgan fingerprint density at radius 1 is 1.06 bits per heavy atom. The summed E-state index contributed by atoms with van der Waals surface area (Å²) < 4.78 is 6.82. The number of rotatable bonds is 6. The summed E-state index contributed by atoms with van der Waals surface area (Å²) in [6.07, 6.45) is 3.94. The van der Waals surface area contributed by atoms with Crippen LogP contribution < -0.4 is 21.1 Å². The number of ether oxygens (including phenoxy) is 1. The molecule has 160 valence electrons. The van der Waals surface area contributed by atoms with Gasteiger partial charge in [0, 0.05) is 11.9 Å². The number of carbonyl (C=O) groups is 2. The minimum atomic E-state index is -0.605. The number of amides is 2. The van der Waals surface area contributed by atoms with Crippen LogP contribution in [0.5, 0.6) is 5.75 Å². The SMILES string of the molecule is CCCn1nc(C(=O)NNC(=O)COc2ccc3c(c2)CCC3)c2ccccc2c1=O. The zero-order valence-corrected chi connectivity index (χ0v) is 17.3. The monoisotopic (exact) mass is 420 g/mol. The second kappa shape index (κ2) is 8.99. The molecule has 0 radical (unpaired) electrons. The number of aryl methyl sites for hydroxylation is 3. The molecular formula is C23H24N4O4. The molecule has 4 rings (SSSR count). The second-order valence-corrected chi connectivity index (χ2v) is 7.50. The molecule has 8 nitrogen and oxygen atoms in total. The van der Waals surface area contributed by atoms with Gasteiger partial charge >= 0.3 is 0 Å². The van der Waals surface area contributed by atoms with E-state index < -0.39 is 11.8 Å². The number of carbonyl (C=O) groups excluding carboxylic acids is 2. The van der Waals surface area contributed by atoms with Crippen LogP contribution in [0.2, 0.25) is 0 Å². The van der Waals surface area contributed by atoms with E-state index in [4.69, 9.17) is 4.74 Å². The Labute approximate surface area is 179 Å². The van der Waals surface area contributed by atoms with E-state index in [0.717, 1.165) is 19.3 Å². The quantitative estimate of drug-likeness (QED) is 0.595. The number of fused-ring (bicyclic) bond motifs is 2. The van der Waals surface area contributed by atoms with Crippen molar-refractivity contribution in [2.24, 2.45) is 0 Å². The fourth-order valence-corrected chi connectivity index (χ4v) is 3.77. The lowest BCUT2D eigenvalue weighted by atomic mass is 10.1. The van der Waals surface area contributed by atoms with E-state index in [2.05, 4.69) is 16.0 Å². The molecule has 0 aliphatic heterocycles. The van der Waals surface area contributed by atoms with Gasteiger partial charge in [0.05, 0.1) is 5.39 Å². The summed E-state index contributed by atoms with van der Waals surface area (Å²) >= 11 is 0. The van der Waals surface area contributed by atoms with Gasteiger partial charge in [-0.15, -0.1) is 0 Å². The summed E-state index contributed by atoms with van der Waals surface area (Å²) in [5, 5.41) is 5.04. The van der Waals surface area contributed by atoms with Crippen molar-refractivity contribution < 1.29 is 14.3 Å². The fraction of sp³-hybridized carbons (Fsp3) is 0.304. The zero-order valence-electron chi connectivity index (χ0n) is 17.3. The molecular weight excluding hydrogens is 396 g/mol. The molecule has 0 saturated carbocycles. The first-order chi connectivity index (χ1) is 15.1. The van der Waals surface area contributed by atoms with Gasteiger partial charge in [-0.3, -0.25) is 25.2 Å². The molecule has 2 aromatic carbocycles. The highest BCUT2D eigenvalue weighted by Crippen LogP contribution is 2.25. The molecule has 0 atom stereocenters. The van der Waals surface area contributed by atoms with Crippen LogP contribution in [0.15, 0.2) is 47.3 Å². The number of nitrogens with one attached hydrogen (secondary N) is 2. The third kappa shape index (κ3) is 4.42. The van der Waals surface area contributed by atoms with Crippen LogP contribution in [0.3, 0.4) is 0 Å². The van der Waals surface area contributed by atoms with Crippen LogP contribution in [0.4, 0.5) is 0 Å². The molecule has 0 fully saturated rings. The van der Waals surface area contributed by atoms with Gasteiger partial charge in [-0.05, 0) is 55.0 Å². The van der Waals surface area contributed by atoms with Gasteiger partial charge in [0.15, 0.2) is 12.3 Å². The maximum atomic E-state index is 12.7. The van der Waals surface area contributed by atoms with Crippen LogP contribution in [0, 0.1) is 0 Å². The maximum Gasteiger partial charge on any atom is 0.290 e. The van der Waals surface area contributed by atoms with Crippen molar-refractivity contribution >= 4 is 22.6 Å². The molecule has 1 aliphatic carbocycles. The molecule has 2 amide bonds. The number of nitrogens with zero attached hydrogens (tertiary/aromatic N) is 2. The fourth-order valence-electron chi connectivity index (χ4n) is 3.77. The Bertz CT molecular complexity index is 1200. The summed E-state index contributed by atoms with van der Waals surface area (Å²) in [6, 6.07) is 12.6. The van der Waals surface area contributed by atoms with Crippen LogP contribution in [0.1, 0.15) is 41.4 Å². The largest absolute Gasteiger partial charge is 0.484 e. The Morgan fingerprint density at radius 3 is 2.65 bits per heavy atom. The predicted octanol–water partition coefficient (Wildman–Crippen LogP) is 2.14. The highest BCUT2D eigenvalue weighted by molar-refractivity contribution is 6.05. The Hall–Kier alpha value is -3.68. The Balaban J connectivity index is 1.41. The average Bonchev–Trinajstić information content (AvgIpc) is 3.26. The third-order valence-electron chi connectivity index (χ3n) is 5.27. The predicted molar refractivity (Wildman–Crippen MR) is 116 cm³/mol. The summed E-state index contributed by atoms with van der Waals surface area (Å²) in [5.41, 5.74) is 7.11. The first-order valence-electron chi connectivity index (χ1n) is 10.4. The van der Waals surface area contributed by atoms with Gasteiger partial charge in [0.1, 0.15) is 5.75 Å². The molecule has 0 spiro atoms. The van der Waals surface area contributed by atoms with Crippen molar-refractivity contribution in [3.05, 3.63) is 69.6 Å². The molecule has 0 bridgehead atoms. The standard InChI is InChI=1S/C23H24N4O4/c1-2-12-27-23(30)19-9-4-3-8-18(19)21(26-27)22(29)25-24-20(28)14-31-17-11-10-15-6-5-7-16(15)13-17/h3-4,8-11,13H,2,5-7,12,14H2,1H3,(H,24,28)(H,25,29). The van der Waals surface area contributed by atoms with E-state index >= 15 is 0 Å². The van der Waals surface area contributed by atoms with E-state index in [1.54, 1.807) is 24.3 Å². The van der Waals surface area contributed by atoms with Crippen molar-refractivity contribution in [3.8, 4) is 5.75 Å². The molecule has 0 saturated heterocycles. The van der Waals surface area contributed by atoms with Gasteiger partial charge in [-0.1, -0.05) is 31.2 Å². The molecule has 1 aromatic heterocycles. The molecule has 1 heterocycles. The summed E-state index contributed by atoms with van der Waals surface area (Å²) in [5.74, 6) is -0.478. The third-order valence-corrected chi connectivity index (χ3v) is 5.27. The molecule has 0 unspecified atom stereocenters. The maximum absolute atomic E-state index is 12.7. The van der Waals surface area contributed by atoms with Gasteiger partial charge in [-0.25, -0.2) is 4.68 Å². The first-order valence-corrected chi connectivity index (χ1v) is 10.4. The number of benzene rings is 2. The smallest absolute Gasteiger partial charge is 0.290 e. The first kappa shape index (κ1) is 20.6. The lowest BCUT2D eigenvalue weighted by Gasteiger charge is -2.12. The van der Waals surface area contributed by atoms with Crippen LogP contribution in [-0.2, 0) is 24.2 Å². The van der Waals surface area contributed by atoms with E-state index in [-0.39, 0.29) is 17.9 Å². The lowest BCUT2D eigenvalue weighted by molar-refractivity contribution is -0.123. The van der Waals surface area contributed by atoms with Gasteiger partial charge < -0.3 is 4.74 Å². The molecule has 31 heavy (non-hydrogen) atoms. The number of hydrazine groups is 1. The Kier molecular flexibility index (Phi) is 5.97. The van der Waals surface area contributed by atoms with Gasteiger partial charge in [0.2, 0.25) is 0 Å². The van der Waals surface area contributed by atoms with Crippen molar-refractivity contribution in [1.82, 2.24) is 20.6 Å². The molecule has 2 N–H and O–H groups in total. The minimum absolute atomic E-state index is 0.0727. The number of aromatic nitrogens is 2. The van der Waals surface area contributed by atoms with E-state index in [1.807, 2.05) is 25.1 Å². The summed E-state index contributed by atoms with van der Waals surface area (Å²) in [4.78, 5) is 37.4. The number of hydrogen-bond acceptors (Lipinski definition) is 5. The van der Waals surface area contributed by atoms with Crippen LogP contribution in [-0.4, -0.2) is 28.2 Å².